The molecule has 3 aliphatic rings. The number of rotatable bonds is 6. The van der Waals surface area contributed by atoms with Gasteiger partial charge in [0.05, 0.1) is 48.4 Å². The Balaban J connectivity index is 1.46. The van der Waals surface area contributed by atoms with Gasteiger partial charge in [0.2, 0.25) is 5.91 Å². The third-order valence-corrected chi connectivity index (χ3v) is 7.03. The molecule has 2 amide bonds. The van der Waals surface area contributed by atoms with Crippen LogP contribution in [0.15, 0.2) is 48.5 Å². The number of fused-ring (bicyclic) bond motifs is 2. The topological polar surface area (TPSA) is 103 Å². The Morgan fingerprint density at radius 3 is 2.64 bits per heavy atom. The maximum Gasteiger partial charge on any atom is 0.337 e. The fraction of sp³-hybridized carbons (Fsp3) is 0.370. The zero-order chi connectivity index (χ0) is 25.4. The summed E-state index contributed by atoms with van der Waals surface area (Å²) >= 11 is 0. The van der Waals surface area contributed by atoms with Gasteiger partial charge in [-0.1, -0.05) is 36.4 Å². The zero-order valence-electron chi connectivity index (χ0n) is 20.7. The fourth-order valence-corrected chi connectivity index (χ4v) is 5.42. The second-order valence-electron chi connectivity index (χ2n) is 9.71. The zero-order valence-corrected chi connectivity index (χ0v) is 20.7. The first-order chi connectivity index (χ1) is 17.4. The molecule has 3 N–H and O–H groups in total. The van der Waals surface area contributed by atoms with Crippen LogP contribution in [0.4, 0.5) is 5.69 Å². The van der Waals surface area contributed by atoms with Crippen molar-refractivity contribution >= 4 is 34.7 Å². The number of hydrogen-bond acceptors (Lipinski definition) is 7. The molecule has 2 aromatic carbocycles. The third kappa shape index (κ3) is 4.47. The third-order valence-electron chi connectivity index (χ3n) is 7.03. The Kier molecular flexibility index (Phi) is 6.51. The highest BCUT2D eigenvalue weighted by Gasteiger charge is 2.44. The summed E-state index contributed by atoms with van der Waals surface area (Å²) in [5, 5.41) is 10.1. The number of carbonyl (C=O) groups is 3. The van der Waals surface area contributed by atoms with Crippen molar-refractivity contribution in [1.29, 1.82) is 0 Å². The summed E-state index contributed by atoms with van der Waals surface area (Å²) in [5.41, 5.74) is 3.78. The molecule has 5 rings (SSSR count). The maximum atomic E-state index is 13.2. The molecular formula is C27H31N5O4. The fourth-order valence-electron chi connectivity index (χ4n) is 5.42. The number of likely N-dealkylation sites (tertiary alicyclic amines) is 1. The molecule has 36 heavy (non-hydrogen) atoms. The number of amides is 2. The van der Waals surface area contributed by atoms with Gasteiger partial charge in [0.15, 0.2) is 0 Å². The lowest BCUT2D eigenvalue weighted by molar-refractivity contribution is -0.132. The molecule has 9 nitrogen and oxygen atoms in total. The van der Waals surface area contributed by atoms with Crippen LogP contribution in [0.2, 0.25) is 0 Å². The van der Waals surface area contributed by atoms with Crippen LogP contribution in [0.25, 0.3) is 11.3 Å². The van der Waals surface area contributed by atoms with Crippen LogP contribution in [0.3, 0.4) is 0 Å². The van der Waals surface area contributed by atoms with Crippen LogP contribution >= 0.6 is 0 Å². The van der Waals surface area contributed by atoms with Crippen LogP contribution in [0.5, 0.6) is 0 Å². The van der Waals surface area contributed by atoms with Gasteiger partial charge >= 0.3 is 5.97 Å². The van der Waals surface area contributed by atoms with Crippen LogP contribution < -0.4 is 16.0 Å². The number of nitrogens with zero attached hydrogens (tertiary/aromatic N) is 2. The van der Waals surface area contributed by atoms with Gasteiger partial charge < -0.3 is 25.2 Å². The van der Waals surface area contributed by atoms with Gasteiger partial charge in [-0.25, -0.2) is 4.79 Å². The number of esters is 1. The van der Waals surface area contributed by atoms with Gasteiger partial charge in [-0.15, -0.1) is 0 Å². The summed E-state index contributed by atoms with van der Waals surface area (Å²) in [4.78, 5) is 41.9. The first-order valence-electron chi connectivity index (χ1n) is 12.2. The van der Waals surface area contributed by atoms with E-state index in [1.54, 1.807) is 18.2 Å². The minimum absolute atomic E-state index is 0.108. The molecule has 3 heterocycles. The number of ether oxygens (including phenoxy) is 1. The number of hydrogen-bond donors (Lipinski definition) is 3. The average molecular weight is 490 g/mol. The second-order valence-corrected chi connectivity index (χ2v) is 9.71. The molecule has 9 heteroatoms. The largest absolute Gasteiger partial charge is 0.465 e. The van der Waals surface area contributed by atoms with Crippen molar-refractivity contribution in [3.8, 4) is 0 Å². The van der Waals surface area contributed by atoms with Gasteiger partial charge in [0.25, 0.3) is 5.91 Å². The number of anilines is 1. The minimum Gasteiger partial charge on any atom is -0.465 e. The molecule has 0 aromatic heterocycles. The molecule has 0 aliphatic carbocycles. The summed E-state index contributed by atoms with van der Waals surface area (Å²) in [6.07, 6.45) is 1.53. The average Bonchev–Trinajstić information content (AvgIpc) is 3.53. The lowest BCUT2D eigenvalue weighted by Crippen LogP contribution is -2.42. The Hall–Kier alpha value is -3.69. The minimum atomic E-state index is -0.457. The number of nitrogens with one attached hydrogen (secondary N) is 3. The van der Waals surface area contributed by atoms with Crippen molar-refractivity contribution < 1.29 is 19.1 Å². The molecule has 0 spiro atoms. The van der Waals surface area contributed by atoms with Crippen molar-refractivity contribution in [3.63, 3.8) is 0 Å². The van der Waals surface area contributed by atoms with Gasteiger partial charge in [0.1, 0.15) is 0 Å². The van der Waals surface area contributed by atoms with Gasteiger partial charge in [-0.2, -0.15) is 0 Å². The Bertz CT molecular complexity index is 1230. The van der Waals surface area contributed by atoms with E-state index in [0.29, 0.717) is 29.1 Å². The van der Waals surface area contributed by atoms with E-state index < -0.39 is 5.97 Å². The van der Waals surface area contributed by atoms with E-state index >= 15 is 0 Å². The summed E-state index contributed by atoms with van der Waals surface area (Å²) in [5.74, 6) is -0.553. The number of carbonyl (C=O) groups excluding carboxylic acids is 3. The molecule has 0 bridgehead atoms. The summed E-state index contributed by atoms with van der Waals surface area (Å²) in [6.45, 7) is 1.15. The smallest absolute Gasteiger partial charge is 0.337 e. The lowest BCUT2D eigenvalue weighted by atomic mass is 9.99. The van der Waals surface area contributed by atoms with Gasteiger partial charge in [-0.05, 0) is 38.2 Å². The van der Waals surface area contributed by atoms with Crippen molar-refractivity contribution in [2.24, 2.45) is 0 Å². The molecule has 3 aliphatic heterocycles. The van der Waals surface area contributed by atoms with Crippen LogP contribution in [0.1, 0.15) is 34.3 Å². The van der Waals surface area contributed by atoms with Crippen LogP contribution in [0, 0.1) is 0 Å². The summed E-state index contributed by atoms with van der Waals surface area (Å²) in [6, 6.07) is 15.1. The highest BCUT2D eigenvalue weighted by Crippen LogP contribution is 2.38. The van der Waals surface area contributed by atoms with E-state index in [2.05, 4.69) is 16.0 Å². The molecule has 3 atom stereocenters. The second kappa shape index (κ2) is 9.75. The van der Waals surface area contributed by atoms with E-state index in [1.807, 2.05) is 54.2 Å². The van der Waals surface area contributed by atoms with E-state index in [0.717, 1.165) is 30.5 Å². The van der Waals surface area contributed by atoms with Crippen molar-refractivity contribution in [1.82, 2.24) is 20.4 Å². The normalized spacial score (nSPS) is 23.8. The Morgan fingerprint density at radius 1 is 1.14 bits per heavy atom. The predicted octanol–water partition coefficient (Wildman–Crippen LogP) is 1.73. The standard InChI is InChI=1S/C27H31N5O4/c1-31(2)15-23(33)32-12-11-19-21(32)14-22(28-19)30-25(16-7-5-4-6-8-16)24-18-10-9-17(27(35)36-3)13-20(18)29-26(24)34/h4-10,13,19,21-22,28,30H,11-12,14-15H2,1-3H3,(H,29,34)/b25-24-. The molecule has 0 radical (unpaired) electrons. The number of likely N-dealkylation sites (N-methyl/N-ethyl adjacent to an activating group) is 1. The van der Waals surface area contributed by atoms with Crippen LogP contribution in [-0.4, -0.2) is 80.1 Å². The quantitative estimate of drug-likeness (QED) is 0.420. The molecule has 0 saturated carbocycles. The monoisotopic (exact) mass is 489 g/mol. The highest BCUT2D eigenvalue weighted by molar-refractivity contribution is 6.36. The molecule has 2 saturated heterocycles. The first kappa shape index (κ1) is 24.0. The first-order valence-corrected chi connectivity index (χ1v) is 12.2. The van der Waals surface area contributed by atoms with Gasteiger partial charge in [-0.3, -0.25) is 14.9 Å². The summed E-state index contributed by atoms with van der Waals surface area (Å²) in [7, 11) is 5.13. The van der Waals surface area contributed by atoms with E-state index in [-0.39, 0.29) is 30.1 Å². The van der Waals surface area contributed by atoms with E-state index in [9.17, 15) is 14.4 Å². The molecule has 3 unspecified atom stereocenters. The highest BCUT2D eigenvalue weighted by atomic mass is 16.5. The van der Waals surface area contributed by atoms with Crippen molar-refractivity contribution in [3.05, 3.63) is 65.2 Å². The number of methoxy groups -OCH3 is 1. The SMILES string of the molecule is COC(=O)c1ccc2c(c1)NC(=O)/C2=C(\NC1CC2C(CCN2C(=O)CN(C)C)N1)c1ccccc1. The van der Waals surface area contributed by atoms with Crippen molar-refractivity contribution in [2.45, 2.75) is 31.1 Å². The molecule has 2 aromatic rings. The van der Waals surface area contributed by atoms with E-state index in [4.69, 9.17) is 4.74 Å². The Labute approximate surface area is 210 Å². The van der Waals surface area contributed by atoms with E-state index in [1.165, 1.54) is 7.11 Å². The Morgan fingerprint density at radius 2 is 1.92 bits per heavy atom. The number of benzene rings is 2. The molecule has 188 valence electrons. The van der Waals surface area contributed by atoms with Gasteiger partial charge in [0, 0.05) is 24.6 Å². The summed E-state index contributed by atoms with van der Waals surface area (Å²) < 4.78 is 4.82. The molecular weight excluding hydrogens is 458 g/mol. The molecule has 2 fully saturated rings. The lowest BCUT2D eigenvalue weighted by Gasteiger charge is -2.26. The van der Waals surface area contributed by atoms with Crippen LogP contribution in [-0.2, 0) is 14.3 Å². The van der Waals surface area contributed by atoms with Crippen molar-refractivity contribution in [2.75, 3.05) is 39.6 Å². The predicted molar refractivity (Wildman–Crippen MR) is 137 cm³/mol. The maximum absolute atomic E-state index is 13.2.